The van der Waals surface area contributed by atoms with E-state index in [2.05, 4.69) is 11.9 Å². The van der Waals surface area contributed by atoms with E-state index in [9.17, 15) is 4.79 Å². The maximum absolute atomic E-state index is 12.1. The molecule has 0 aliphatic carbocycles. The standard InChI is InChI=1S/C17H26N2O4/c1-3-21-12-13-22-15-4-6-16(7-5-15)23-14-17(20)19-10-8-18(2)9-11-19/h4-7H,3,8-14H2,1-2H3. The molecule has 0 aromatic heterocycles. The molecule has 1 fully saturated rings. The molecule has 0 N–H and O–H groups in total. The summed E-state index contributed by atoms with van der Waals surface area (Å²) in [6, 6.07) is 7.30. The minimum atomic E-state index is 0.0372. The van der Waals surface area contributed by atoms with E-state index in [1.165, 1.54) is 0 Å². The Kier molecular flexibility index (Phi) is 7.16. The van der Waals surface area contributed by atoms with Gasteiger partial charge in [-0.2, -0.15) is 0 Å². The van der Waals surface area contributed by atoms with Gasteiger partial charge in [0.25, 0.3) is 5.91 Å². The molecule has 1 heterocycles. The van der Waals surface area contributed by atoms with E-state index < -0.39 is 0 Å². The summed E-state index contributed by atoms with van der Waals surface area (Å²) in [4.78, 5) is 16.2. The second-order valence-corrected chi connectivity index (χ2v) is 5.49. The van der Waals surface area contributed by atoms with Crippen LogP contribution >= 0.6 is 0 Å². The Balaban J connectivity index is 1.70. The van der Waals surface area contributed by atoms with Gasteiger partial charge in [-0.15, -0.1) is 0 Å². The number of nitrogens with zero attached hydrogens (tertiary/aromatic N) is 2. The van der Waals surface area contributed by atoms with Gasteiger partial charge in [0.05, 0.1) is 6.61 Å². The lowest BCUT2D eigenvalue weighted by Gasteiger charge is -2.32. The monoisotopic (exact) mass is 322 g/mol. The first kappa shape index (κ1) is 17.6. The van der Waals surface area contributed by atoms with Gasteiger partial charge in [0.15, 0.2) is 6.61 Å². The average molecular weight is 322 g/mol. The van der Waals surface area contributed by atoms with Gasteiger partial charge in [0, 0.05) is 32.8 Å². The molecule has 0 unspecified atom stereocenters. The minimum absolute atomic E-state index is 0.0372. The van der Waals surface area contributed by atoms with Gasteiger partial charge in [-0.05, 0) is 38.2 Å². The van der Waals surface area contributed by atoms with E-state index in [1.807, 2.05) is 36.1 Å². The zero-order valence-corrected chi connectivity index (χ0v) is 14.0. The predicted molar refractivity (Wildman–Crippen MR) is 88.0 cm³/mol. The fourth-order valence-electron chi connectivity index (χ4n) is 2.29. The van der Waals surface area contributed by atoms with Gasteiger partial charge in [-0.1, -0.05) is 0 Å². The van der Waals surface area contributed by atoms with Crippen molar-refractivity contribution < 1.29 is 19.0 Å². The van der Waals surface area contributed by atoms with E-state index in [4.69, 9.17) is 14.2 Å². The molecule has 1 aliphatic rings. The number of piperazine rings is 1. The number of rotatable bonds is 8. The van der Waals surface area contributed by atoms with Crippen LogP contribution < -0.4 is 9.47 Å². The fourth-order valence-corrected chi connectivity index (χ4v) is 2.29. The van der Waals surface area contributed by atoms with Crippen LogP contribution in [0.5, 0.6) is 11.5 Å². The van der Waals surface area contributed by atoms with Crippen molar-refractivity contribution in [2.75, 3.05) is 59.7 Å². The highest BCUT2D eigenvalue weighted by molar-refractivity contribution is 5.77. The van der Waals surface area contributed by atoms with E-state index in [-0.39, 0.29) is 12.5 Å². The molecular formula is C17H26N2O4. The van der Waals surface area contributed by atoms with Gasteiger partial charge in [-0.25, -0.2) is 0 Å². The zero-order chi connectivity index (χ0) is 16.5. The van der Waals surface area contributed by atoms with Crippen LogP contribution in [0.25, 0.3) is 0 Å². The molecule has 2 rings (SSSR count). The molecule has 1 amide bonds. The molecule has 0 saturated carbocycles. The lowest BCUT2D eigenvalue weighted by atomic mass is 10.3. The molecule has 1 saturated heterocycles. The van der Waals surface area contributed by atoms with Crippen molar-refractivity contribution in [2.24, 2.45) is 0 Å². The highest BCUT2D eigenvalue weighted by atomic mass is 16.5. The van der Waals surface area contributed by atoms with Gasteiger partial charge in [0.2, 0.25) is 0 Å². The van der Waals surface area contributed by atoms with Crippen LogP contribution in [0.15, 0.2) is 24.3 Å². The number of hydrogen-bond acceptors (Lipinski definition) is 5. The van der Waals surface area contributed by atoms with Crippen LogP contribution in [0.1, 0.15) is 6.92 Å². The second kappa shape index (κ2) is 9.37. The lowest BCUT2D eigenvalue weighted by Crippen LogP contribution is -2.48. The smallest absolute Gasteiger partial charge is 0.260 e. The summed E-state index contributed by atoms with van der Waals surface area (Å²) in [6.45, 7) is 7.20. The molecule has 1 aliphatic heterocycles. The van der Waals surface area contributed by atoms with Crippen molar-refractivity contribution in [3.05, 3.63) is 24.3 Å². The van der Waals surface area contributed by atoms with Crippen molar-refractivity contribution in [3.8, 4) is 11.5 Å². The normalized spacial score (nSPS) is 15.5. The van der Waals surface area contributed by atoms with E-state index in [0.29, 0.717) is 25.6 Å². The maximum Gasteiger partial charge on any atom is 0.260 e. The Morgan fingerprint density at radius 2 is 1.61 bits per heavy atom. The number of likely N-dealkylation sites (N-methyl/N-ethyl adjacent to an activating group) is 1. The summed E-state index contributed by atoms with van der Waals surface area (Å²) in [7, 11) is 2.07. The third kappa shape index (κ3) is 6.08. The first-order valence-electron chi connectivity index (χ1n) is 8.08. The summed E-state index contributed by atoms with van der Waals surface area (Å²) >= 11 is 0. The molecule has 0 bridgehead atoms. The number of ether oxygens (including phenoxy) is 3. The number of carbonyl (C=O) groups excluding carboxylic acids is 1. The Morgan fingerprint density at radius 1 is 1.00 bits per heavy atom. The predicted octanol–water partition coefficient (Wildman–Crippen LogP) is 1.25. The van der Waals surface area contributed by atoms with Crippen molar-refractivity contribution >= 4 is 5.91 Å². The van der Waals surface area contributed by atoms with E-state index >= 15 is 0 Å². The van der Waals surface area contributed by atoms with Crippen LogP contribution in [0.2, 0.25) is 0 Å². The quantitative estimate of drug-likeness (QED) is 0.674. The van der Waals surface area contributed by atoms with E-state index in [0.717, 1.165) is 31.9 Å². The first-order valence-corrected chi connectivity index (χ1v) is 8.08. The summed E-state index contributed by atoms with van der Waals surface area (Å²) in [5, 5.41) is 0. The first-order chi connectivity index (χ1) is 11.2. The van der Waals surface area contributed by atoms with Crippen molar-refractivity contribution in [1.29, 1.82) is 0 Å². The fraction of sp³-hybridized carbons (Fsp3) is 0.588. The average Bonchev–Trinajstić information content (AvgIpc) is 2.58. The topological polar surface area (TPSA) is 51.2 Å². The molecule has 0 atom stereocenters. The van der Waals surface area contributed by atoms with Gasteiger partial charge >= 0.3 is 0 Å². The van der Waals surface area contributed by atoms with Crippen LogP contribution in [0.3, 0.4) is 0 Å². The van der Waals surface area contributed by atoms with Crippen LogP contribution in [0.4, 0.5) is 0 Å². The van der Waals surface area contributed by atoms with Crippen LogP contribution in [-0.4, -0.2) is 75.4 Å². The highest BCUT2D eigenvalue weighted by Crippen LogP contribution is 2.17. The third-order valence-electron chi connectivity index (χ3n) is 3.74. The summed E-state index contributed by atoms with van der Waals surface area (Å²) in [6.07, 6.45) is 0. The molecule has 0 radical (unpaired) electrons. The minimum Gasteiger partial charge on any atom is -0.491 e. The van der Waals surface area contributed by atoms with Gasteiger partial charge in [-0.3, -0.25) is 4.79 Å². The molecule has 6 heteroatoms. The largest absolute Gasteiger partial charge is 0.491 e. The molecule has 1 aromatic carbocycles. The number of carbonyl (C=O) groups is 1. The Labute approximate surface area is 137 Å². The number of benzene rings is 1. The Hall–Kier alpha value is -1.79. The molecule has 0 spiro atoms. The summed E-state index contributed by atoms with van der Waals surface area (Å²) in [5.74, 6) is 1.47. The molecule has 6 nitrogen and oxygen atoms in total. The van der Waals surface area contributed by atoms with Crippen molar-refractivity contribution in [3.63, 3.8) is 0 Å². The van der Waals surface area contributed by atoms with Gasteiger partial charge in [0.1, 0.15) is 18.1 Å². The highest BCUT2D eigenvalue weighted by Gasteiger charge is 2.19. The SMILES string of the molecule is CCOCCOc1ccc(OCC(=O)N2CCN(C)CC2)cc1. The molecular weight excluding hydrogens is 296 g/mol. The Morgan fingerprint density at radius 3 is 2.22 bits per heavy atom. The number of hydrogen-bond donors (Lipinski definition) is 0. The molecule has 23 heavy (non-hydrogen) atoms. The zero-order valence-electron chi connectivity index (χ0n) is 14.0. The molecule has 128 valence electrons. The van der Waals surface area contributed by atoms with Crippen LogP contribution in [-0.2, 0) is 9.53 Å². The van der Waals surface area contributed by atoms with E-state index in [1.54, 1.807) is 0 Å². The van der Waals surface area contributed by atoms with Crippen molar-refractivity contribution in [1.82, 2.24) is 9.80 Å². The lowest BCUT2D eigenvalue weighted by molar-refractivity contribution is -0.134. The summed E-state index contributed by atoms with van der Waals surface area (Å²) in [5.41, 5.74) is 0. The molecule has 1 aromatic rings. The van der Waals surface area contributed by atoms with Crippen molar-refractivity contribution in [2.45, 2.75) is 6.92 Å². The second-order valence-electron chi connectivity index (χ2n) is 5.49. The number of amides is 1. The maximum atomic E-state index is 12.1. The third-order valence-corrected chi connectivity index (χ3v) is 3.74. The Bertz CT molecular complexity index is 470. The van der Waals surface area contributed by atoms with Gasteiger partial charge < -0.3 is 24.0 Å². The van der Waals surface area contributed by atoms with Crippen LogP contribution in [0, 0.1) is 0 Å². The summed E-state index contributed by atoms with van der Waals surface area (Å²) < 4.78 is 16.3.